The summed E-state index contributed by atoms with van der Waals surface area (Å²) >= 11 is 0. The van der Waals surface area contributed by atoms with E-state index in [9.17, 15) is 18.0 Å². The van der Waals surface area contributed by atoms with E-state index in [4.69, 9.17) is 0 Å². The summed E-state index contributed by atoms with van der Waals surface area (Å²) in [5.74, 6) is -1.46. The number of aromatic nitrogens is 2. The van der Waals surface area contributed by atoms with Crippen LogP contribution in [0.15, 0.2) is 28.8 Å². The molecule has 0 aliphatic carbocycles. The summed E-state index contributed by atoms with van der Waals surface area (Å²) in [6.45, 7) is 6.10. The first-order chi connectivity index (χ1) is 11.2. The van der Waals surface area contributed by atoms with Crippen molar-refractivity contribution in [2.75, 3.05) is 0 Å². The maximum Gasteiger partial charge on any atom is 0.471 e. The van der Waals surface area contributed by atoms with E-state index in [1.165, 1.54) is 0 Å². The van der Waals surface area contributed by atoms with Crippen LogP contribution < -0.4 is 0 Å². The van der Waals surface area contributed by atoms with Crippen LogP contribution in [0.1, 0.15) is 38.6 Å². The van der Waals surface area contributed by atoms with Gasteiger partial charge in [0, 0.05) is 24.6 Å². The smallest absolute Gasteiger partial charge is 0.336 e. The zero-order valence-corrected chi connectivity index (χ0v) is 13.6. The van der Waals surface area contributed by atoms with Crippen molar-refractivity contribution in [1.29, 1.82) is 0 Å². The van der Waals surface area contributed by atoms with Gasteiger partial charge in [0.1, 0.15) is 0 Å². The minimum Gasteiger partial charge on any atom is -0.336 e. The summed E-state index contributed by atoms with van der Waals surface area (Å²) in [7, 11) is 0. The Morgan fingerprint density at radius 3 is 2.33 bits per heavy atom. The van der Waals surface area contributed by atoms with Gasteiger partial charge in [-0.15, -0.1) is 0 Å². The molecule has 0 aliphatic heterocycles. The number of carbonyl (C=O) groups is 1. The van der Waals surface area contributed by atoms with Crippen LogP contribution in [-0.4, -0.2) is 27.0 Å². The van der Waals surface area contributed by atoms with Crippen molar-refractivity contribution < 1.29 is 22.5 Å². The number of hydrogen-bond donors (Lipinski definition) is 0. The predicted octanol–water partition coefficient (Wildman–Crippen LogP) is 3.90. The van der Waals surface area contributed by atoms with Gasteiger partial charge in [-0.25, -0.2) is 0 Å². The van der Waals surface area contributed by atoms with Crippen molar-refractivity contribution in [2.24, 2.45) is 0 Å². The van der Waals surface area contributed by atoms with Gasteiger partial charge in [0.05, 0.1) is 0 Å². The van der Waals surface area contributed by atoms with E-state index in [-0.39, 0.29) is 17.8 Å². The second kappa shape index (κ2) is 7.02. The highest BCUT2D eigenvalue weighted by atomic mass is 19.4. The van der Waals surface area contributed by atoms with E-state index < -0.39 is 12.1 Å². The minimum absolute atomic E-state index is 0.0436. The Bertz CT molecular complexity index is 693. The molecule has 5 nitrogen and oxygen atoms in total. The fraction of sp³-hybridized carbons (Fsp3) is 0.438. The van der Waals surface area contributed by atoms with Crippen molar-refractivity contribution in [2.45, 2.75) is 46.0 Å². The van der Waals surface area contributed by atoms with Crippen molar-refractivity contribution in [3.8, 4) is 11.4 Å². The molecule has 0 spiro atoms. The largest absolute Gasteiger partial charge is 0.471 e. The lowest BCUT2D eigenvalue weighted by molar-refractivity contribution is -0.159. The highest BCUT2D eigenvalue weighted by Crippen LogP contribution is 2.29. The molecular weight excluding hydrogens is 323 g/mol. The van der Waals surface area contributed by atoms with Crippen LogP contribution >= 0.6 is 0 Å². The van der Waals surface area contributed by atoms with Crippen molar-refractivity contribution in [3.05, 3.63) is 35.7 Å². The number of carbonyl (C=O) groups excluding carboxylic acids is 1. The van der Waals surface area contributed by atoms with Gasteiger partial charge in [0.15, 0.2) is 0 Å². The van der Waals surface area contributed by atoms with Crippen LogP contribution in [0, 0.1) is 0 Å². The summed E-state index contributed by atoms with van der Waals surface area (Å²) in [6, 6.07) is 6.74. The van der Waals surface area contributed by atoms with E-state index >= 15 is 0 Å². The van der Waals surface area contributed by atoms with Crippen LogP contribution in [0.4, 0.5) is 13.2 Å². The Kier molecular flexibility index (Phi) is 5.26. The molecule has 0 saturated carbocycles. The van der Waals surface area contributed by atoms with Gasteiger partial charge in [-0.1, -0.05) is 36.3 Å². The van der Waals surface area contributed by atoms with Crippen LogP contribution in [0.3, 0.4) is 0 Å². The van der Waals surface area contributed by atoms with Crippen molar-refractivity contribution >= 4 is 5.91 Å². The first-order valence-corrected chi connectivity index (χ1v) is 7.52. The second-order valence-electron chi connectivity index (χ2n) is 5.59. The number of rotatable bonds is 5. The van der Waals surface area contributed by atoms with Gasteiger partial charge in [-0.3, -0.25) is 4.79 Å². The Morgan fingerprint density at radius 2 is 1.88 bits per heavy atom. The molecular formula is C16H18F3N3O2. The summed E-state index contributed by atoms with van der Waals surface area (Å²) < 4.78 is 41.6. The van der Waals surface area contributed by atoms with E-state index in [0.29, 0.717) is 18.5 Å². The molecule has 1 amide bonds. The summed E-state index contributed by atoms with van der Waals surface area (Å²) in [6.07, 6.45) is -4.25. The topological polar surface area (TPSA) is 59.2 Å². The molecule has 1 heterocycles. The van der Waals surface area contributed by atoms with Gasteiger partial charge in [0.2, 0.25) is 11.7 Å². The van der Waals surface area contributed by atoms with Gasteiger partial charge in [-0.2, -0.15) is 18.2 Å². The van der Waals surface area contributed by atoms with E-state index in [2.05, 4.69) is 14.7 Å². The normalized spacial score (nSPS) is 11.8. The number of halogens is 3. The highest BCUT2D eigenvalue weighted by molar-refractivity contribution is 5.76. The Hall–Kier alpha value is -2.38. The van der Waals surface area contributed by atoms with Gasteiger partial charge < -0.3 is 9.42 Å². The maximum absolute atomic E-state index is 12.5. The number of benzene rings is 1. The lowest BCUT2D eigenvalue weighted by Crippen LogP contribution is -2.35. The third kappa shape index (κ3) is 4.12. The molecule has 0 N–H and O–H groups in total. The third-order valence-corrected chi connectivity index (χ3v) is 3.48. The van der Waals surface area contributed by atoms with E-state index in [1.807, 2.05) is 13.8 Å². The predicted molar refractivity (Wildman–Crippen MR) is 80.7 cm³/mol. The quantitative estimate of drug-likeness (QED) is 0.827. The average Bonchev–Trinajstić information content (AvgIpc) is 3.02. The molecule has 0 unspecified atom stereocenters. The molecule has 24 heavy (non-hydrogen) atoms. The Morgan fingerprint density at radius 1 is 1.25 bits per heavy atom. The SMILES string of the molecule is CCC(=O)N(Cc1ccc(-c2noc(C(F)(F)F)n2)cc1)C(C)C. The molecule has 1 aromatic heterocycles. The fourth-order valence-corrected chi connectivity index (χ4v) is 2.17. The Labute approximate surface area is 137 Å². The standard InChI is InChI=1S/C16H18F3N3O2/c1-4-13(23)22(10(2)3)9-11-5-7-12(8-6-11)14-20-15(24-21-14)16(17,18)19/h5-8,10H,4,9H2,1-3H3. The zero-order chi connectivity index (χ0) is 17.9. The molecule has 2 aromatic rings. The number of amides is 1. The number of nitrogens with zero attached hydrogens (tertiary/aromatic N) is 3. The molecule has 0 bridgehead atoms. The van der Waals surface area contributed by atoms with Crippen LogP contribution in [-0.2, 0) is 17.5 Å². The van der Waals surface area contributed by atoms with Crippen LogP contribution in [0.5, 0.6) is 0 Å². The van der Waals surface area contributed by atoms with Crippen molar-refractivity contribution in [1.82, 2.24) is 15.0 Å². The molecule has 0 atom stereocenters. The highest BCUT2D eigenvalue weighted by Gasteiger charge is 2.38. The molecule has 0 radical (unpaired) electrons. The van der Waals surface area contributed by atoms with Crippen molar-refractivity contribution in [3.63, 3.8) is 0 Å². The number of hydrogen-bond acceptors (Lipinski definition) is 4. The first kappa shape index (κ1) is 18.0. The van der Waals surface area contributed by atoms with Gasteiger partial charge in [0.25, 0.3) is 0 Å². The Balaban J connectivity index is 2.16. The molecule has 130 valence electrons. The van der Waals surface area contributed by atoms with Crippen LogP contribution in [0.25, 0.3) is 11.4 Å². The maximum atomic E-state index is 12.5. The summed E-state index contributed by atoms with van der Waals surface area (Å²) in [5.41, 5.74) is 1.28. The molecule has 0 fully saturated rings. The van der Waals surface area contributed by atoms with E-state index in [1.54, 1.807) is 36.1 Å². The van der Waals surface area contributed by atoms with Crippen LogP contribution in [0.2, 0.25) is 0 Å². The molecule has 0 saturated heterocycles. The molecule has 2 rings (SSSR count). The molecule has 1 aromatic carbocycles. The zero-order valence-electron chi connectivity index (χ0n) is 13.6. The summed E-state index contributed by atoms with van der Waals surface area (Å²) in [4.78, 5) is 17.0. The fourth-order valence-electron chi connectivity index (χ4n) is 2.17. The molecule has 0 aliphatic rings. The lowest BCUT2D eigenvalue weighted by atomic mass is 10.1. The van der Waals surface area contributed by atoms with Gasteiger partial charge in [-0.05, 0) is 19.4 Å². The van der Waals surface area contributed by atoms with E-state index in [0.717, 1.165) is 5.56 Å². The first-order valence-electron chi connectivity index (χ1n) is 7.52. The lowest BCUT2D eigenvalue weighted by Gasteiger charge is -2.26. The minimum atomic E-state index is -4.66. The average molecular weight is 341 g/mol. The summed E-state index contributed by atoms with van der Waals surface area (Å²) in [5, 5.41) is 3.34. The monoisotopic (exact) mass is 341 g/mol. The second-order valence-corrected chi connectivity index (χ2v) is 5.59. The molecule has 8 heteroatoms. The van der Waals surface area contributed by atoms with Gasteiger partial charge >= 0.3 is 12.1 Å². The third-order valence-electron chi connectivity index (χ3n) is 3.48. The number of alkyl halides is 3.